The molecule has 0 spiro atoms. The number of carbonyl (C=O) groups is 3. The molecule has 31 heavy (non-hydrogen) atoms. The molecule has 0 unspecified atom stereocenters. The molecule has 0 N–H and O–H groups in total. The number of ketones is 3. The first-order valence-corrected chi connectivity index (χ1v) is 8.96. The summed E-state index contributed by atoms with van der Waals surface area (Å²) >= 11 is 0. The van der Waals surface area contributed by atoms with Gasteiger partial charge in [-0.25, -0.2) is 14.4 Å². The molecule has 0 bridgehead atoms. The molecule has 2 aromatic heterocycles. The zero-order valence-corrected chi connectivity index (χ0v) is 15.9. The Morgan fingerprint density at radius 1 is 1.10 bits per heavy atom. The minimum atomic E-state index is -5.11. The molecule has 0 saturated heterocycles. The van der Waals surface area contributed by atoms with Gasteiger partial charge in [0.15, 0.2) is 28.7 Å². The Hall–Kier alpha value is -2.89. The molecule has 1 aliphatic rings. The van der Waals surface area contributed by atoms with E-state index in [-0.39, 0.29) is 30.3 Å². The molecular weight excluding hydrogens is 434 g/mol. The van der Waals surface area contributed by atoms with Gasteiger partial charge in [0.05, 0.1) is 11.3 Å². The predicted molar refractivity (Wildman–Crippen MR) is 91.8 cm³/mol. The van der Waals surface area contributed by atoms with Crippen molar-refractivity contribution in [2.75, 3.05) is 6.61 Å². The molecular formula is C19H14F6N2O4. The van der Waals surface area contributed by atoms with Gasteiger partial charge < -0.3 is 4.74 Å². The van der Waals surface area contributed by atoms with Gasteiger partial charge in [-0.05, 0) is 25.5 Å². The molecule has 3 rings (SSSR count). The average molecular weight is 448 g/mol. The summed E-state index contributed by atoms with van der Waals surface area (Å²) in [5, 5.41) is -0.225. The lowest BCUT2D eigenvalue weighted by Crippen LogP contribution is -2.37. The molecule has 0 radical (unpaired) electrons. The summed E-state index contributed by atoms with van der Waals surface area (Å²) in [6.07, 6.45) is -9.94. The number of carbonyl (C=O) groups excluding carboxylic acids is 3. The van der Waals surface area contributed by atoms with E-state index in [9.17, 15) is 40.7 Å². The van der Waals surface area contributed by atoms with E-state index < -0.39 is 64.9 Å². The summed E-state index contributed by atoms with van der Waals surface area (Å²) in [4.78, 5) is 44.2. The van der Waals surface area contributed by atoms with Crippen LogP contribution in [0, 0.1) is 18.7 Å². The van der Waals surface area contributed by atoms with Gasteiger partial charge in [0.2, 0.25) is 0 Å². The van der Waals surface area contributed by atoms with E-state index in [1.165, 1.54) is 6.92 Å². The second kappa shape index (κ2) is 7.98. The van der Waals surface area contributed by atoms with Gasteiger partial charge in [0, 0.05) is 18.2 Å². The number of fused-ring (bicyclic) bond motifs is 1. The summed E-state index contributed by atoms with van der Waals surface area (Å²) in [5.74, 6) is -5.73. The number of aryl methyl sites for hydroxylation is 1. The molecule has 166 valence electrons. The standard InChI is InChI=1S/C19H14F6N2O4/c1-8-11(20)6-9-5-10(15(30)14-12(28)3-2-4-13(14)29)16(27-17(9)26-8)19(24,25)31-7-18(21,22)23/h5-6,14H,2-4,7H2,1H3. The molecule has 2 aromatic rings. The average Bonchev–Trinajstić information content (AvgIpc) is 2.66. The first kappa shape index (κ1) is 22.8. The van der Waals surface area contributed by atoms with E-state index in [1.54, 1.807) is 0 Å². The Balaban J connectivity index is 2.18. The summed E-state index contributed by atoms with van der Waals surface area (Å²) in [5.41, 5.74) is -3.28. The SMILES string of the molecule is Cc1nc2nc(C(F)(F)OCC(F)(F)F)c(C(=O)C3C(=O)CCCC3=O)cc2cc1F. The molecule has 1 fully saturated rings. The lowest BCUT2D eigenvalue weighted by atomic mass is 9.81. The van der Waals surface area contributed by atoms with Gasteiger partial charge >= 0.3 is 12.3 Å². The van der Waals surface area contributed by atoms with Crippen molar-refractivity contribution < 1.29 is 45.5 Å². The normalized spacial score (nSPS) is 16.2. The van der Waals surface area contributed by atoms with Crippen molar-refractivity contribution in [3.05, 3.63) is 34.9 Å². The number of rotatable bonds is 5. The van der Waals surface area contributed by atoms with Crippen LogP contribution < -0.4 is 0 Å². The van der Waals surface area contributed by atoms with Crippen LogP contribution in [-0.2, 0) is 20.4 Å². The van der Waals surface area contributed by atoms with Crippen molar-refractivity contribution >= 4 is 28.4 Å². The summed E-state index contributed by atoms with van der Waals surface area (Å²) in [6, 6.07) is 1.56. The highest BCUT2D eigenvalue weighted by Crippen LogP contribution is 2.36. The van der Waals surface area contributed by atoms with Crippen molar-refractivity contribution in [2.45, 2.75) is 38.5 Å². The van der Waals surface area contributed by atoms with Crippen LogP contribution in [0.1, 0.15) is 41.0 Å². The Morgan fingerprint density at radius 2 is 1.71 bits per heavy atom. The number of aromatic nitrogens is 2. The monoisotopic (exact) mass is 448 g/mol. The smallest absolute Gasteiger partial charge is 0.306 e. The van der Waals surface area contributed by atoms with E-state index >= 15 is 0 Å². The molecule has 0 aromatic carbocycles. The Labute approximate surface area is 170 Å². The largest absolute Gasteiger partial charge is 0.412 e. The van der Waals surface area contributed by atoms with Crippen LogP contribution in [0.3, 0.4) is 0 Å². The van der Waals surface area contributed by atoms with Crippen LogP contribution in [0.25, 0.3) is 11.0 Å². The van der Waals surface area contributed by atoms with E-state index in [2.05, 4.69) is 14.7 Å². The molecule has 0 aliphatic heterocycles. The topological polar surface area (TPSA) is 86.2 Å². The summed E-state index contributed by atoms with van der Waals surface area (Å²) < 4.78 is 83.9. The lowest BCUT2D eigenvalue weighted by Gasteiger charge is -2.23. The number of Topliss-reactive ketones (excluding diaryl/α,β-unsaturated/α-hetero) is 3. The quantitative estimate of drug-likeness (QED) is 0.393. The Bertz CT molecular complexity index is 1070. The van der Waals surface area contributed by atoms with Crippen LogP contribution in [-0.4, -0.2) is 40.1 Å². The fourth-order valence-electron chi connectivity index (χ4n) is 3.17. The van der Waals surface area contributed by atoms with Gasteiger partial charge in [-0.15, -0.1) is 0 Å². The van der Waals surface area contributed by atoms with Gasteiger partial charge in [0.25, 0.3) is 0 Å². The summed E-state index contributed by atoms with van der Waals surface area (Å²) in [7, 11) is 0. The van der Waals surface area contributed by atoms with E-state index in [0.717, 1.165) is 12.1 Å². The third-order valence-corrected chi connectivity index (χ3v) is 4.64. The van der Waals surface area contributed by atoms with Crippen LogP contribution in [0.5, 0.6) is 0 Å². The molecule has 0 atom stereocenters. The van der Waals surface area contributed by atoms with Crippen molar-refractivity contribution in [2.24, 2.45) is 5.92 Å². The van der Waals surface area contributed by atoms with E-state index in [1.807, 2.05) is 0 Å². The van der Waals surface area contributed by atoms with Gasteiger partial charge in [-0.2, -0.15) is 22.0 Å². The molecule has 1 saturated carbocycles. The molecule has 12 heteroatoms. The number of hydrogen-bond acceptors (Lipinski definition) is 6. The first-order chi connectivity index (χ1) is 14.3. The number of alkyl halides is 5. The molecule has 1 aliphatic carbocycles. The number of nitrogens with zero attached hydrogens (tertiary/aromatic N) is 2. The Kier molecular flexibility index (Phi) is 5.87. The van der Waals surface area contributed by atoms with E-state index in [4.69, 9.17) is 0 Å². The highest BCUT2D eigenvalue weighted by Gasteiger charge is 2.46. The number of ether oxygens (including phenoxy) is 1. The zero-order chi connectivity index (χ0) is 23.1. The van der Waals surface area contributed by atoms with Crippen LogP contribution in [0.2, 0.25) is 0 Å². The third-order valence-electron chi connectivity index (χ3n) is 4.64. The maximum absolute atomic E-state index is 14.6. The fraction of sp³-hybridized carbons (Fsp3) is 0.421. The predicted octanol–water partition coefficient (Wildman–Crippen LogP) is 3.83. The van der Waals surface area contributed by atoms with Crippen LogP contribution >= 0.6 is 0 Å². The van der Waals surface area contributed by atoms with Crippen LogP contribution in [0.4, 0.5) is 26.3 Å². The highest BCUT2D eigenvalue weighted by molar-refractivity contribution is 6.25. The Morgan fingerprint density at radius 3 is 2.29 bits per heavy atom. The number of pyridine rings is 2. The van der Waals surface area contributed by atoms with Gasteiger partial charge in [0.1, 0.15) is 18.3 Å². The second-order valence-corrected chi connectivity index (χ2v) is 6.99. The van der Waals surface area contributed by atoms with Crippen molar-refractivity contribution in [3.8, 4) is 0 Å². The number of halogens is 6. The van der Waals surface area contributed by atoms with Crippen molar-refractivity contribution in [3.63, 3.8) is 0 Å². The van der Waals surface area contributed by atoms with Crippen molar-refractivity contribution in [1.82, 2.24) is 9.97 Å². The van der Waals surface area contributed by atoms with Gasteiger partial charge in [-0.1, -0.05) is 0 Å². The maximum atomic E-state index is 14.6. The first-order valence-electron chi connectivity index (χ1n) is 8.96. The summed E-state index contributed by atoms with van der Waals surface area (Å²) in [6.45, 7) is -1.16. The van der Waals surface area contributed by atoms with Crippen LogP contribution in [0.15, 0.2) is 12.1 Å². The second-order valence-electron chi connectivity index (χ2n) is 6.99. The number of hydrogen-bond donors (Lipinski definition) is 0. The highest BCUT2D eigenvalue weighted by atomic mass is 19.4. The molecule has 6 nitrogen and oxygen atoms in total. The molecule has 0 amide bonds. The van der Waals surface area contributed by atoms with E-state index in [0.29, 0.717) is 0 Å². The maximum Gasteiger partial charge on any atom is 0.412 e. The minimum Gasteiger partial charge on any atom is -0.306 e. The van der Waals surface area contributed by atoms with Crippen molar-refractivity contribution in [1.29, 1.82) is 0 Å². The fourth-order valence-corrected chi connectivity index (χ4v) is 3.17. The third kappa shape index (κ3) is 4.73. The lowest BCUT2D eigenvalue weighted by molar-refractivity contribution is -0.298. The minimum absolute atomic E-state index is 0.144. The molecule has 2 heterocycles. The zero-order valence-electron chi connectivity index (χ0n) is 15.9. The van der Waals surface area contributed by atoms with Gasteiger partial charge in [-0.3, -0.25) is 14.4 Å².